The third-order valence-corrected chi connectivity index (χ3v) is 4.99. The molecule has 0 aliphatic carbocycles. The van der Waals surface area contributed by atoms with Crippen LogP contribution in [0.5, 0.6) is 0 Å². The van der Waals surface area contributed by atoms with E-state index in [9.17, 15) is 9.59 Å². The molecule has 7 nitrogen and oxygen atoms in total. The van der Waals surface area contributed by atoms with Gasteiger partial charge >= 0.3 is 5.97 Å². The molecule has 8 heteroatoms. The third kappa shape index (κ3) is 8.12. The second-order valence-electron chi connectivity index (χ2n) is 7.10. The summed E-state index contributed by atoms with van der Waals surface area (Å²) in [5, 5.41) is 3.26. The number of esters is 1. The van der Waals surface area contributed by atoms with Gasteiger partial charge in [-0.2, -0.15) is 0 Å². The largest absolute Gasteiger partial charge is 0.466 e. The molecule has 0 bridgehead atoms. The number of likely N-dealkylation sites (tertiary alicyclic amines) is 1. The number of carbonyl (C=O) groups is 2. The molecular weight excluding hydrogens is 495 g/mol. The second kappa shape index (κ2) is 14.2. The summed E-state index contributed by atoms with van der Waals surface area (Å²) in [5.74, 6) is 0.383. The molecule has 1 aromatic rings. The number of rotatable bonds is 8. The van der Waals surface area contributed by atoms with E-state index in [1.165, 1.54) is 0 Å². The predicted octanol–water partition coefficient (Wildman–Crippen LogP) is 2.89. The Morgan fingerprint density at radius 1 is 1.23 bits per heavy atom. The van der Waals surface area contributed by atoms with Gasteiger partial charge in [0.15, 0.2) is 5.96 Å². The fourth-order valence-corrected chi connectivity index (χ4v) is 3.47. The van der Waals surface area contributed by atoms with Crippen molar-refractivity contribution >= 4 is 41.8 Å². The van der Waals surface area contributed by atoms with Crippen LogP contribution in [0.15, 0.2) is 35.3 Å². The smallest absolute Gasteiger partial charge is 0.310 e. The van der Waals surface area contributed by atoms with Gasteiger partial charge in [-0.15, -0.1) is 24.0 Å². The van der Waals surface area contributed by atoms with E-state index < -0.39 is 0 Å². The van der Waals surface area contributed by atoms with Crippen molar-refractivity contribution in [3.05, 3.63) is 35.9 Å². The summed E-state index contributed by atoms with van der Waals surface area (Å²) in [6.45, 7) is 9.58. The molecule has 1 aromatic carbocycles. The summed E-state index contributed by atoms with van der Waals surface area (Å²) >= 11 is 0. The number of likely N-dealkylation sites (N-methyl/N-ethyl adjacent to an activating group) is 1. The SMILES string of the molecule is CCNC(=NCC(=O)N(CC)Cc1ccccc1)N1CCCC(C(=O)OCC)C1.I. The quantitative estimate of drug-likeness (QED) is 0.242. The van der Waals surface area contributed by atoms with E-state index in [4.69, 9.17) is 4.74 Å². The van der Waals surface area contributed by atoms with Crippen molar-refractivity contribution in [3.8, 4) is 0 Å². The number of guanidine groups is 1. The van der Waals surface area contributed by atoms with Gasteiger partial charge in [0, 0.05) is 32.7 Å². The number of halogens is 1. The Kier molecular flexibility index (Phi) is 12.4. The average Bonchev–Trinajstić information content (AvgIpc) is 2.75. The summed E-state index contributed by atoms with van der Waals surface area (Å²) < 4.78 is 5.18. The molecule has 1 aliphatic heterocycles. The Balaban J connectivity index is 0.00000450. The van der Waals surface area contributed by atoms with Gasteiger partial charge in [0.25, 0.3) is 0 Å². The average molecular weight is 530 g/mol. The maximum Gasteiger partial charge on any atom is 0.310 e. The van der Waals surface area contributed by atoms with Crippen LogP contribution in [0.1, 0.15) is 39.2 Å². The molecule has 1 heterocycles. The maximum absolute atomic E-state index is 12.7. The van der Waals surface area contributed by atoms with Crippen molar-refractivity contribution in [1.82, 2.24) is 15.1 Å². The Hall–Kier alpha value is -1.84. The molecule has 168 valence electrons. The minimum atomic E-state index is -0.149. The van der Waals surface area contributed by atoms with E-state index in [1.807, 2.05) is 51.1 Å². The maximum atomic E-state index is 12.7. The van der Waals surface area contributed by atoms with Gasteiger partial charge in [-0.25, -0.2) is 4.99 Å². The van der Waals surface area contributed by atoms with Gasteiger partial charge in [-0.1, -0.05) is 30.3 Å². The molecule has 30 heavy (non-hydrogen) atoms. The number of nitrogens with zero attached hydrogens (tertiary/aromatic N) is 3. The first-order chi connectivity index (χ1) is 14.1. The number of hydrogen-bond donors (Lipinski definition) is 1. The summed E-state index contributed by atoms with van der Waals surface area (Å²) in [6, 6.07) is 9.96. The third-order valence-electron chi connectivity index (χ3n) is 4.99. The number of carbonyl (C=O) groups excluding carboxylic acids is 2. The van der Waals surface area contributed by atoms with Crippen molar-refractivity contribution in [2.45, 2.75) is 40.2 Å². The molecule has 0 spiro atoms. The lowest BCUT2D eigenvalue weighted by atomic mass is 9.98. The van der Waals surface area contributed by atoms with E-state index in [1.54, 1.807) is 4.90 Å². The van der Waals surface area contributed by atoms with Crippen molar-refractivity contribution in [2.75, 3.05) is 39.3 Å². The lowest BCUT2D eigenvalue weighted by Crippen LogP contribution is -2.48. The van der Waals surface area contributed by atoms with Crippen molar-refractivity contribution < 1.29 is 14.3 Å². The van der Waals surface area contributed by atoms with Crippen LogP contribution in [0.25, 0.3) is 0 Å². The monoisotopic (exact) mass is 530 g/mol. The molecule has 0 radical (unpaired) electrons. The predicted molar refractivity (Wildman–Crippen MR) is 130 cm³/mol. The van der Waals surface area contributed by atoms with Crippen LogP contribution in [0.3, 0.4) is 0 Å². The minimum Gasteiger partial charge on any atom is -0.466 e. The summed E-state index contributed by atoms with van der Waals surface area (Å²) in [4.78, 5) is 33.3. The molecule has 0 saturated carbocycles. The van der Waals surface area contributed by atoms with E-state index in [-0.39, 0.29) is 48.3 Å². The zero-order valence-electron chi connectivity index (χ0n) is 18.3. The normalized spacial score (nSPS) is 16.4. The highest BCUT2D eigenvalue weighted by atomic mass is 127. The van der Waals surface area contributed by atoms with E-state index in [2.05, 4.69) is 15.2 Å². The Morgan fingerprint density at radius 2 is 1.97 bits per heavy atom. The van der Waals surface area contributed by atoms with Crippen molar-refractivity contribution in [2.24, 2.45) is 10.9 Å². The van der Waals surface area contributed by atoms with Gasteiger partial charge < -0.3 is 19.9 Å². The molecule has 1 unspecified atom stereocenters. The van der Waals surface area contributed by atoms with E-state index >= 15 is 0 Å². The number of amides is 1. The Morgan fingerprint density at radius 3 is 2.60 bits per heavy atom. The fraction of sp³-hybridized carbons (Fsp3) is 0.591. The van der Waals surface area contributed by atoms with Gasteiger partial charge in [-0.05, 0) is 39.2 Å². The highest BCUT2D eigenvalue weighted by Gasteiger charge is 2.28. The number of hydrogen-bond acceptors (Lipinski definition) is 4. The molecule has 1 aliphatic rings. The minimum absolute atomic E-state index is 0. The van der Waals surface area contributed by atoms with Gasteiger partial charge in [-0.3, -0.25) is 9.59 Å². The van der Waals surface area contributed by atoms with Crippen molar-refractivity contribution in [1.29, 1.82) is 0 Å². The van der Waals surface area contributed by atoms with Crippen LogP contribution >= 0.6 is 24.0 Å². The molecule has 1 fully saturated rings. The molecule has 0 aromatic heterocycles. The summed E-state index contributed by atoms with van der Waals surface area (Å²) in [5.41, 5.74) is 1.10. The van der Waals surface area contributed by atoms with Crippen LogP contribution in [-0.2, 0) is 20.9 Å². The highest BCUT2D eigenvalue weighted by Crippen LogP contribution is 2.18. The van der Waals surface area contributed by atoms with Gasteiger partial charge in [0.2, 0.25) is 5.91 Å². The zero-order chi connectivity index (χ0) is 21.1. The van der Waals surface area contributed by atoms with Gasteiger partial charge in [0.05, 0.1) is 12.5 Å². The van der Waals surface area contributed by atoms with Crippen LogP contribution < -0.4 is 5.32 Å². The molecule has 1 amide bonds. The Bertz CT molecular complexity index is 684. The number of benzene rings is 1. The summed E-state index contributed by atoms with van der Waals surface area (Å²) in [6.07, 6.45) is 1.73. The second-order valence-corrected chi connectivity index (χ2v) is 7.10. The lowest BCUT2D eigenvalue weighted by Gasteiger charge is -2.34. The molecule has 1 N–H and O–H groups in total. The summed E-state index contributed by atoms with van der Waals surface area (Å²) in [7, 11) is 0. The first-order valence-corrected chi connectivity index (χ1v) is 10.6. The first kappa shape index (κ1) is 26.2. The molecule has 1 saturated heterocycles. The molecular formula is C22H35IN4O3. The Labute approximate surface area is 197 Å². The fourth-order valence-electron chi connectivity index (χ4n) is 3.47. The van der Waals surface area contributed by atoms with Crippen LogP contribution in [-0.4, -0.2) is 67.0 Å². The number of ether oxygens (including phenoxy) is 1. The topological polar surface area (TPSA) is 74.2 Å². The van der Waals surface area contributed by atoms with Crippen LogP contribution in [0.2, 0.25) is 0 Å². The standard InChI is InChI=1S/C22H34N4O3.HI/c1-4-23-22(26-14-10-13-19(17-26)21(28)29-6-3)24-15-20(27)25(5-2)16-18-11-8-7-9-12-18;/h7-9,11-12,19H,4-6,10,13-17H2,1-3H3,(H,23,24);1H. The van der Waals surface area contributed by atoms with E-state index in [0.29, 0.717) is 38.7 Å². The zero-order valence-corrected chi connectivity index (χ0v) is 20.6. The first-order valence-electron chi connectivity index (χ1n) is 10.6. The number of piperidine rings is 1. The van der Waals surface area contributed by atoms with Crippen LogP contribution in [0.4, 0.5) is 0 Å². The highest BCUT2D eigenvalue weighted by molar-refractivity contribution is 14.0. The van der Waals surface area contributed by atoms with Crippen LogP contribution in [0, 0.1) is 5.92 Å². The number of nitrogens with one attached hydrogen (secondary N) is 1. The molecule has 2 rings (SSSR count). The number of aliphatic imine (C=N–C) groups is 1. The lowest BCUT2D eigenvalue weighted by molar-refractivity contribution is -0.149. The van der Waals surface area contributed by atoms with Crippen molar-refractivity contribution in [3.63, 3.8) is 0 Å². The van der Waals surface area contributed by atoms with E-state index in [0.717, 1.165) is 24.9 Å². The van der Waals surface area contributed by atoms with Gasteiger partial charge in [0.1, 0.15) is 6.54 Å². The molecule has 1 atom stereocenters.